The van der Waals surface area contributed by atoms with E-state index in [0.717, 1.165) is 19.3 Å². The van der Waals surface area contributed by atoms with Gasteiger partial charge in [0.05, 0.1) is 0 Å². The number of hydrogen-bond acceptors (Lipinski definition) is 3. The second-order valence-corrected chi connectivity index (χ2v) is 5.32. The number of aromatic hydroxyl groups is 1. The lowest BCUT2D eigenvalue weighted by Gasteiger charge is -2.26. The first-order valence-electron chi connectivity index (χ1n) is 6.83. The lowest BCUT2D eigenvalue weighted by Crippen LogP contribution is -2.30. The molecule has 0 aromatic heterocycles. The number of rotatable bonds is 4. The van der Waals surface area contributed by atoms with Gasteiger partial charge in [0.1, 0.15) is 5.75 Å². The summed E-state index contributed by atoms with van der Waals surface area (Å²) in [6.07, 6.45) is 3.80. The fourth-order valence-electron chi connectivity index (χ4n) is 2.58. The van der Waals surface area contributed by atoms with Crippen LogP contribution in [0, 0.1) is 0 Å². The number of carbonyl (C=O) groups is 1. The van der Waals surface area contributed by atoms with Crippen molar-refractivity contribution >= 4 is 5.91 Å². The van der Waals surface area contributed by atoms with Crippen molar-refractivity contribution < 1.29 is 9.90 Å². The average molecular weight is 262 g/mol. The van der Waals surface area contributed by atoms with Gasteiger partial charge in [0.2, 0.25) is 5.91 Å². The van der Waals surface area contributed by atoms with Gasteiger partial charge in [-0.2, -0.15) is 0 Å². The zero-order valence-corrected chi connectivity index (χ0v) is 11.6. The molecule has 1 aromatic rings. The molecule has 4 nitrogen and oxygen atoms in total. The van der Waals surface area contributed by atoms with Crippen LogP contribution in [0.3, 0.4) is 0 Å². The number of phenols is 1. The van der Waals surface area contributed by atoms with E-state index in [1.54, 1.807) is 25.1 Å². The molecule has 0 spiro atoms. The molecule has 2 N–H and O–H groups in total. The predicted molar refractivity (Wildman–Crippen MR) is 75.1 cm³/mol. The topological polar surface area (TPSA) is 52.6 Å². The Bertz CT molecular complexity index is 457. The number of phenolic OH excluding ortho intramolecular Hbond substituents is 1. The maximum atomic E-state index is 11.5. The Kier molecular flexibility index (Phi) is 4.43. The van der Waals surface area contributed by atoms with Crippen molar-refractivity contribution in [1.29, 1.82) is 0 Å². The molecule has 0 radical (unpaired) electrons. The van der Waals surface area contributed by atoms with Gasteiger partial charge in [-0.15, -0.1) is 0 Å². The molecule has 0 aliphatic heterocycles. The number of amides is 1. The highest BCUT2D eigenvalue weighted by atomic mass is 16.3. The molecule has 4 heteroatoms. The standard InChI is InChI=1S/C15H22N2O2/c1-17(2)15(19)8-9-16-14-5-3-4-11-6-7-12(18)10-13(11)14/h6-7,10,14,16,18H,3-5,8-9H2,1-2H3. The first kappa shape index (κ1) is 13.9. The van der Waals surface area contributed by atoms with Crippen LogP contribution >= 0.6 is 0 Å². The molecule has 1 amide bonds. The number of aryl methyl sites for hydroxylation is 1. The number of nitrogens with zero attached hydrogens (tertiary/aromatic N) is 1. The van der Waals surface area contributed by atoms with Crippen LogP contribution in [0.25, 0.3) is 0 Å². The fraction of sp³-hybridized carbons (Fsp3) is 0.533. The van der Waals surface area contributed by atoms with Crippen LogP contribution in [-0.2, 0) is 11.2 Å². The monoisotopic (exact) mass is 262 g/mol. The zero-order chi connectivity index (χ0) is 13.8. The Morgan fingerprint density at radius 1 is 1.47 bits per heavy atom. The molecule has 104 valence electrons. The summed E-state index contributed by atoms with van der Waals surface area (Å²) in [5.41, 5.74) is 2.49. The smallest absolute Gasteiger partial charge is 0.223 e. The van der Waals surface area contributed by atoms with Crippen molar-refractivity contribution in [2.75, 3.05) is 20.6 Å². The SMILES string of the molecule is CN(C)C(=O)CCNC1CCCc2ccc(O)cc21. The van der Waals surface area contributed by atoms with E-state index in [2.05, 4.69) is 5.32 Å². The van der Waals surface area contributed by atoms with E-state index >= 15 is 0 Å². The maximum absolute atomic E-state index is 11.5. The van der Waals surface area contributed by atoms with Gasteiger partial charge < -0.3 is 15.3 Å². The summed E-state index contributed by atoms with van der Waals surface area (Å²) in [4.78, 5) is 13.1. The second-order valence-electron chi connectivity index (χ2n) is 5.32. The van der Waals surface area contributed by atoms with E-state index in [9.17, 15) is 9.90 Å². The van der Waals surface area contributed by atoms with E-state index in [1.807, 2.05) is 12.1 Å². The minimum atomic E-state index is 0.138. The van der Waals surface area contributed by atoms with E-state index in [-0.39, 0.29) is 11.9 Å². The Morgan fingerprint density at radius 2 is 2.26 bits per heavy atom. The van der Waals surface area contributed by atoms with Gasteiger partial charge in [0, 0.05) is 33.1 Å². The molecule has 19 heavy (non-hydrogen) atoms. The maximum Gasteiger partial charge on any atom is 0.223 e. The molecule has 0 heterocycles. The van der Waals surface area contributed by atoms with Gasteiger partial charge in [-0.25, -0.2) is 0 Å². The summed E-state index contributed by atoms with van der Waals surface area (Å²) in [5.74, 6) is 0.455. The molecule has 0 bridgehead atoms. The van der Waals surface area contributed by atoms with Crippen LogP contribution in [0.15, 0.2) is 18.2 Å². The van der Waals surface area contributed by atoms with Gasteiger partial charge in [-0.1, -0.05) is 6.07 Å². The average Bonchev–Trinajstić information content (AvgIpc) is 2.39. The molecule has 1 aliphatic rings. The van der Waals surface area contributed by atoms with Crippen molar-refractivity contribution in [2.24, 2.45) is 0 Å². The number of carbonyl (C=O) groups excluding carboxylic acids is 1. The molecular weight excluding hydrogens is 240 g/mol. The van der Waals surface area contributed by atoms with Crippen molar-refractivity contribution in [3.8, 4) is 5.75 Å². The minimum Gasteiger partial charge on any atom is -0.508 e. The van der Waals surface area contributed by atoms with Crippen molar-refractivity contribution in [3.63, 3.8) is 0 Å². The summed E-state index contributed by atoms with van der Waals surface area (Å²) >= 11 is 0. The van der Waals surface area contributed by atoms with Crippen LogP contribution in [0.1, 0.15) is 36.4 Å². The normalized spacial score (nSPS) is 17.9. The van der Waals surface area contributed by atoms with Crippen LogP contribution in [0.5, 0.6) is 5.75 Å². The first-order valence-corrected chi connectivity index (χ1v) is 6.83. The third kappa shape index (κ3) is 3.47. The van der Waals surface area contributed by atoms with Gasteiger partial charge in [0.15, 0.2) is 0 Å². The summed E-state index contributed by atoms with van der Waals surface area (Å²) < 4.78 is 0. The molecule has 0 saturated carbocycles. The molecule has 0 saturated heterocycles. The van der Waals surface area contributed by atoms with Crippen molar-refractivity contribution in [3.05, 3.63) is 29.3 Å². The lowest BCUT2D eigenvalue weighted by molar-refractivity contribution is -0.128. The molecule has 1 unspecified atom stereocenters. The largest absolute Gasteiger partial charge is 0.508 e. The highest BCUT2D eigenvalue weighted by Crippen LogP contribution is 2.31. The molecule has 2 rings (SSSR count). The Balaban J connectivity index is 1.96. The third-order valence-corrected chi connectivity index (χ3v) is 3.67. The number of hydrogen-bond donors (Lipinski definition) is 2. The van der Waals surface area contributed by atoms with E-state index in [4.69, 9.17) is 0 Å². The molecule has 1 aromatic carbocycles. The first-order chi connectivity index (χ1) is 9.08. The third-order valence-electron chi connectivity index (χ3n) is 3.67. The molecule has 1 atom stereocenters. The summed E-state index contributed by atoms with van der Waals surface area (Å²) in [6, 6.07) is 5.85. The predicted octanol–water partition coefficient (Wildman–Crippen LogP) is 1.84. The summed E-state index contributed by atoms with van der Waals surface area (Å²) in [5, 5.41) is 13.0. The van der Waals surface area contributed by atoms with Gasteiger partial charge in [-0.3, -0.25) is 4.79 Å². The number of benzene rings is 1. The summed E-state index contributed by atoms with van der Waals surface area (Å²) in [6.45, 7) is 0.677. The molecule has 1 aliphatic carbocycles. The number of nitrogens with one attached hydrogen (secondary N) is 1. The van der Waals surface area contributed by atoms with Crippen molar-refractivity contribution in [2.45, 2.75) is 31.7 Å². The quantitative estimate of drug-likeness (QED) is 0.870. The summed E-state index contributed by atoms with van der Waals surface area (Å²) in [7, 11) is 3.55. The van der Waals surface area contributed by atoms with E-state index in [1.165, 1.54) is 11.1 Å². The highest BCUT2D eigenvalue weighted by Gasteiger charge is 2.20. The van der Waals surface area contributed by atoms with E-state index in [0.29, 0.717) is 18.7 Å². The zero-order valence-electron chi connectivity index (χ0n) is 11.6. The number of fused-ring (bicyclic) bond motifs is 1. The Labute approximate surface area is 114 Å². The minimum absolute atomic E-state index is 0.138. The van der Waals surface area contributed by atoms with Crippen LogP contribution in [0.4, 0.5) is 0 Å². The fourth-order valence-corrected chi connectivity index (χ4v) is 2.58. The lowest BCUT2D eigenvalue weighted by atomic mass is 9.87. The molecule has 0 fully saturated rings. The van der Waals surface area contributed by atoms with Crippen molar-refractivity contribution in [1.82, 2.24) is 10.2 Å². The Hall–Kier alpha value is -1.55. The highest BCUT2D eigenvalue weighted by molar-refractivity contribution is 5.75. The van der Waals surface area contributed by atoms with Gasteiger partial charge in [0.25, 0.3) is 0 Å². The molecular formula is C15H22N2O2. The Morgan fingerprint density at radius 3 is 3.00 bits per heavy atom. The van der Waals surface area contributed by atoms with E-state index < -0.39 is 0 Å². The van der Waals surface area contributed by atoms with Crippen LogP contribution in [-0.4, -0.2) is 36.6 Å². The second kappa shape index (κ2) is 6.06. The van der Waals surface area contributed by atoms with Crippen LogP contribution < -0.4 is 5.32 Å². The van der Waals surface area contributed by atoms with Gasteiger partial charge in [-0.05, 0) is 42.5 Å². The van der Waals surface area contributed by atoms with Gasteiger partial charge >= 0.3 is 0 Å². The van der Waals surface area contributed by atoms with Crippen LogP contribution in [0.2, 0.25) is 0 Å².